The highest BCUT2D eigenvalue weighted by Gasteiger charge is 2.23. The van der Waals surface area contributed by atoms with Crippen LogP contribution in [0.1, 0.15) is 36.4 Å². The molecule has 2 nitrogen and oxygen atoms in total. The van der Waals surface area contributed by atoms with Crippen molar-refractivity contribution in [3.63, 3.8) is 0 Å². The van der Waals surface area contributed by atoms with Crippen LogP contribution in [0.25, 0.3) is 0 Å². The molecule has 0 spiro atoms. The van der Waals surface area contributed by atoms with Gasteiger partial charge in [0.05, 0.1) is 6.04 Å². The van der Waals surface area contributed by atoms with E-state index in [0.717, 1.165) is 25.8 Å². The van der Waals surface area contributed by atoms with Crippen molar-refractivity contribution >= 4 is 6.41 Å². The lowest BCUT2D eigenvalue weighted by molar-refractivity contribution is -0.121. The van der Waals surface area contributed by atoms with Crippen molar-refractivity contribution in [1.82, 2.24) is 4.90 Å². The van der Waals surface area contributed by atoms with Gasteiger partial charge >= 0.3 is 0 Å². The standard InChI is InChI=1S/C13H17NO/c1-11-6-2-3-7-12(11)13-8-4-5-9-14(13)10-15/h2-3,6-7,10,13H,4-5,8-9H2,1H3. The van der Waals surface area contributed by atoms with Crippen LogP contribution in [0.4, 0.5) is 0 Å². The number of piperidine rings is 1. The van der Waals surface area contributed by atoms with E-state index in [1.54, 1.807) is 0 Å². The number of amides is 1. The molecule has 0 aliphatic carbocycles. The molecule has 0 aromatic heterocycles. The maximum atomic E-state index is 11.0. The Morgan fingerprint density at radius 2 is 2.13 bits per heavy atom. The molecule has 1 aliphatic rings. The second-order valence-electron chi connectivity index (χ2n) is 4.21. The lowest BCUT2D eigenvalue weighted by Crippen LogP contribution is -2.32. The Morgan fingerprint density at radius 1 is 1.33 bits per heavy atom. The minimum absolute atomic E-state index is 0.303. The molecule has 2 heteroatoms. The van der Waals surface area contributed by atoms with Crippen molar-refractivity contribution in [2.45, 2.75) is 32.2 Å². The van der Waals surface area contributed by atoms with Gasteiger partial charge in [-0.15, -0.1) is 0 Å². The van der Waals surface area contributed by atoms with Crippen molar-refractivity contribution in [1.29, 1.82) is 0 Å². The van der Waals surface area contributed by atoms with Gasteiger partial charge in [0, 0.05) is 6.54 Å². The molecule has 0 radical (unpaired) electrons. The molecule has 1 heterocycles. The van der Waals surface area contributed by atoms with Crippen molar-refractivity contribution in [2.75, 3.05) is 6.54 Å². The van der Waals surface area contributed by atoms with Gasteiger partial charge in [0.2, 0.25) is 6.41 Å². The average Bonchev–Trinajstić information content (AvgIpc) is 2.30. The quantitative estimate of drug-likeness (QED) is 0.677. The van der Waals surface area contributed by atoms with E-state index >= 15 is 0 Å². The van der Waals surface area contributed by atoms with Crippen LogP contribution >= 0.6 is 0 Å². The molecule has 0 N–H and O–H groups in total. The molecule has 1 aromatic carbocycles. The number of likely N-dealkylation sites (tertiary alicyclic amines) is 1. The van der Waals surface area contributed by atoms with Crippen LogP contribution in [-0.2, 0) is 4.79 Å². The van der Waals surface area contributed by atoms with E-state index in [9.17, 15) is 4.79 Å². The third-order valence-corrected chi connectivity index (χ3v) is 3.23. The molecule has 0 saturated carbocycles. The Bertz CT molecular complexity index is 348. The Balaban J connectivity index is 2.28. The van der Waals surface area contributed by atoms with Gasteiger partial charge in [0.25, 0.3) is 0 Å². The maximum absolute atomic E-state index is 11.0. The predicted octanol–water partition coefficient (Wildman–Crippen LogP) is 2.68. The summed E-state index contributed by atoms with van der Waals surface area (Å²) in [5.74, 6) is 0. The molecule has 80 valence electrons. The van der Waals surface area contributed by atoms with Crippen LogP contribution in [0, 0.1) is 6.92 Å². The number of carbonyl (C=O) groups is 1. The van der Waals surface area contributed by atoms with E-state index in [-0.39, 0.29) is 0 Å². The summed E-state index contributed by atoms with van der Waals surface area (Å²) in [5, 5.41) is 0. The van der Waals surface area contributed by atoms with Crippen LogP contribution in [0.15, 0.2) is 24.3 Å². The first kappa shape index (κ1) is 10.2. The van der Waals surface area contributed by atoms with Gasteiger partial charge in [-0.2, -0.15) is 0 Å². The molecular formula is C13H17NO. The highest BCUT2D eigenvalue weighted by Crippen LogP contribution is 2.31. The van der Waals surface area contributed by atoms with E-state index in [0.29, 0.717) is 6.04 Å². The summed E-state index contributed by atoms with van der Waals surface area (Å²) in [6, 6.07) is 8.67. The van der Waals surface area contributed by atoms with E-state index in [2.05, 4.69) is 25.1 Å². The smallest absolute Gasteiger partial charge is 0.210 e. The first-order chi connectivity index (χ1) is 7.33. The van der Waals surface area contributed by atoms with E-state index in [4.69, 9.17) is 0 Å². The summed E-state index contributed by atoms with van der Waals surface area (Å²) >= 11 is 0. The fourth-order valence-electron chi connectivity index (χ4n) is 2.37. The maximum Gasteiger partial charge on any atom is 0.210 e. The molecule has 1 amide bonds. The number of aryl methyl sites for hydroxylation is 1. The molecule has 0 bridgehead atoms. The van der Waals surface area contributed by atoms with Crippen molar-refractivity contribution in [2.24, 2.45) is 0 Å². The third kappa shape index (κ3) is 2.04. The molecule has 1 atom stereocenters. The Hall–Kier alpha value is -1.31. The number of nitrogens with zero attached hydrogens (tertiary/aromatic N) is 1. The van der Waals surface area contributed by atoms with Crippen molar-refractivity contribution in [3.05, 3.63) is 35.4 Å². The number of carbonyl (C=O) groups excluding carboxylic acids is 1. The van der Waals surface area contributed by atoms with Crippen LogP contribution in [-0.4, -0.2) is 17.9 Å². The minimum Gasteiger partial charge on any atom is -0.338 e. The molecule has 15 heavy (non-hydrogen) atoms. The summed E-state index contributed by atoms with van der Waals surface area (Å²) in [6.07, 6.45) is 4.46. The average molecular weight is 203 g/mol. The molecule has 1 unspecified atom stereocenters. The first-order valence-corrected chi connectivity index (χ1v) is 5.59. The largest absolute Gasteiger partial charge is 0.338 e. The number of rotatable bonds is 2. The van der Waals surface area contributed by atoms with Crippen molar-refractivity contribution in [3.8, 4) is 0 Å². The van der Waals surface area contributed by atoms with Crippen LogP contribution < -0.4 is 0 Å². The zero-order valence-electron chi connectivity index (χ0n) is 9.15. The number of hydrogen-bond donors (Lipinski definition) is 0. The van der Waals surface area contributed by atoms with Crippen LogP contribution in [0.2, 0.25) is 0 Å². The first-order valence-electron chi connectivity index (χ1n) is 5.59. The highest BCUT2D eigenvalue weighted by molar-refractivity contribution is 5.49. The summed E-state index contributed by atoms with van der Waals surface area (Å²) in [4.78, 5) is 12.9. The monoisotopic (exact) mass is 203 g/mol. The van der Waals surface area contributed by atoms with Gasteiger partial charge < -0.3 is 4.90 Å². The summed E-state index contributed by atoms with van der Waals surface area (Å²) in [5.41, 5.74) is 2.60. The fraction of sp³-hybridized carbons (Fsp3) is 0.462. The normalized spacial score (nSPS) is 21.4. The summed E-state index contributed by atoms with van der Waals surface area (Å²) in [6.45, 7) is 3.02. The molecule has 2 rings (SSSR count). The van der Waals surface area contributed by atoms with Crippen LogP contribution in [0.3, 0.4) is 0 Å². The van der Waals surface area contributed by atoms with Crippen molar-refractivity contribution < 1.29 is 4.79 Å². The zero-order chi connectivity index (χ0) is 10.7. The second kappa shape index (κ2) is 4.47. The van der Waals surface area contributed by atoms with Crippen LogP contribution in [0.5, 0.6) is 0 Å². The van der Waals surface area contributed by atoms with Gasteiger partial charge in [-0.05, 0) is 37.3 Å². The van der Waals surface area contributed by atoms with E-state index < -0.39 is 0 Å². The van der Waals surface area contributed by atoms with Gasteiger partial charge in [-0.25, -0.2) is 0 Å². The van der Waals surface area contributed by atoms with Gasteiger partial charge in [0.1, 0.15) is 0 Å². The predicted molar refractivity (Wildman–Crippen MR) is 60.5 cm³/mol. The fourth-order valence-corrected chi connectivity index (χ4v) is 2.37. The number of benzene rings is 1. The minimum atomic E-state index is 0.303. The zero-order valence-corrected chi connectivity index (χ0v) is 9.15. The summed E-state index contributed by atoms with van der Waals surface area (Å²) in [7, 11) is 0. The van der Waals surface area contributed by atoms with Gasteiger partial charge in [0.15, 0.2) is 0 Å². The van der Waals surface area contributed by atoms with E-state index in [1.165, 1.54) is 17.5 Å². The van der Waals surface area contributed by atoms with Gasteiger partial charge in [-0.3, -0.25) is 4.79 Å². The molecule has 1 aromatic rings. The second-order valence-corrected chi connectivity index (χ2v) is 4.21. The Kier molecular flexibility index (Phi) is 3.05. The Labute approximate surface area is 90.9 Å². The lowest BCUT2D eigenvalue weighted by atomic mass is 9.93. The topological polar surface area (TPSA) is 20.3 Å². The lowest BCUT2D eigenvalue weighted by Gasteiger charge is -2.33. The molecule has 1 saturated heterocycles. The van der Waals surface area contributed by atoms with Gasteiger partial charge in [-0.1, -0.05) is 24.3 Å². The SMILES string of the molecule is Cc1ccccc1C1CCCCN1C=O. The Morgan fingerprint density at radius 3 is 2.87 bits per heavy atom. The number of hydrogen-bond acceptors (Lipinski definition) is 1. The highest BCUT2D eigenvalue weighted by atomic mass is 16.1. The molecular weight excluding hydrogens is 186 g/mol. The van der Waals surface area contributed by atoms with E-state index in [1.807, 2.05) is 11.0 Å². The summed E-state index contributed by atoms with van der Waals surface area (Å²) < 4.78 is 0. The molecule has 1 fully saturated rings. The third-order valence-electron chi connectivity index (χ3n) is 3.23. The molecule has 1 aliphatic heterocycles.